The van der Waals surface area contributed by atoms with Gasteiger partial charge in [-0.15, -0.1) is 13.2 Å². The number of ether oxygens (including phenoxy) is 1. The molecule has 0 spiro atoms. The lowest BCUT2D eigenvalue weighted by Gasteiger charge is -2.12. The molecule has 0 amide bonds. The average molecular weight is 326 g/mol. The van der Waals surface area contributed by atoms with Gasteiger partial charge in [0.1, 0.15) is 5.69 Å². The summed E-state index contributed by atoms with van der Waals surface area (Å²) in [4.78, 5) is 3.08. The highest BCUT2D eigenvalue weighted by atomic mass is 79.9. The van der Waals surface area contributed by atoms with Crippen molar-refractivity contribution in [3.05, 3.63) is 21.4 Å². The van der Waals surface area contributed by atoms with Crippen LogP contribution in [-0.4, -0.2) is 11.3 Å². The summed E-state index contributed by atoms with van der Waals surface area (Å²) in [7, 11) is 0. The molecule has 0 saturated carbocycles. The standard InChI is InChI=1S/C7H2BrClF5NO/c8-2-1-3(6(10)11)15-5(9)4(2)16-7(12,13)14/h1,6H. The Morgan fingerprint density at radius 3 is 2.31 bits per heavy atom. The van der Waals surface area contributed by atoms with Crippen LogP contribution in [0.5, 0.6) is 5.75 Å². The average Bonchev–Trinajstić information content (AvgIpc) is 2.09. The van der Waals surface area contributed by atoms with Crippen molar-refractivity contribution in [1.29, 1.82) is 0 Å². The smallest absolute Gasteiger partial charge is 0.401 e. The minimum absolute atomic E-state index is 0.347. The molecule has 0 unspecified atom stereocenters. The summed E-state index contributed by atoms with van der Waals surface area (Å²) in [5.74, 6) is -0.849. The molecule has 0 fully saturated rings. The Morgan fingerprint density at radius 2 is 1.94 bits per heavy atom. The summed E-state index contributed by atoms with van der Waals surface area (Å²) < 4.78 is 63.2. The first-order chi connectivity index (χ1) is 7.20. The van der Waals surface area contributed by atoms with E-state index in [0.717, 1.165) is 0 Å². The molecule has 1 aromatic rings. The van der Waals surface area contributed by atoms with Crippen molar-refractivity contribution in [3.63, 3.8) is 0 Å². The molecule has 2 nitrogen and oxygen atoms in total. The highest BCUT2D eigenvalue weighted by Gasteiger charge is 2.33. The normalized spacial score (nSPS) is 12.0. The summed E-state index contributed by atoms with van der Waals surface area (Å²) in [6, 6.07) is 0.706. The van der Waals surface area contributed by atoms with E-state index in [1.54, 1.807) is 0 Å². The van der Waals surface area contributed by atoms with Gasteiger partial charge in [0.2, 0.25) is 0 Å². The third-order valence-corrected chi connectivity index (χ3v) is 2.19. The highest BCUT2D eigenvalue weighted by Crippen LogP contribution is 2.37. The fourth-order valence-corrected chi connectivity index (χ4v) is 1.66. The van der Waals surface area contributed by atoms with Gasteiger partial charge < -0.3 is 4.74 Å². The summed E-state index contributed by atoms with van der Waals surface area (Å²) in [5, 5.41) is -0.790. The molecule has 16 heavy (non-hydrogen) atoms. The van der Waals surface area contributed by atoms with Crippen molar-refractivity contribution >= 4 is 27.5 Å². The van der Waals surface area contributed by atoms with E-state index < -0.39 is 29.4 Å². The van der Waals surface area contributed by atoms with Crippen LogP contribution in [0.15, 0.2) is 10.5 Å². The van der Waals surface area contributed by atoms with Gasteiger partial charge in [0.15, 0.2) is 10.9 Å². The Bertz CT molecular complexity index is 374. The fourth-order valence-electron chi connectivity index (χ4n) is 0.809. The Morgan fingerprint density at radius 1 is 1.38 bits per heavy atom. The third kappa shape index (κ3) is 3.44. The molecule has 0 radical (unpaired) electrons. The van der Waals surface area contributed by atoms with Crippen molar-refractivity contribution in [2.45, 2.75) is 12.8 Å². The van der Waals surface area contributed by atoms with Crippen molar-refractivity contribution < 1.29 is 26.7 Å². The predicted octanol–water partition coefficient (Wildman–Crippen LogP) is 4.33. The van der Waals surface area contributed by atoms with Crippen LogP contribution in [0.4, 0.5) is 22.0 Å². The minimum atomic E-state index is -4.97. The van der Waals surface area contributed by atoms with E-state index in [1.807, 2.05) is 0 Å². The molecule has 9 heteroatoms. The molecular formula is C7H2BrClF5NO. The van der Waals surface area contributed by atoms with Gasteiger partial charge in [-0.3, -0.25) is 0 Å². The summed E-state index contributed by atoms with van der Waals surface area (Å²) in [5.41, 5.74) is -0.744. The van der Waals surface area contributed by atoms with E-state index in [4.69, 9.17) is 11.6 Å². The molecule has 0 bridgehead atoms. The van der Waals surface area contributed by atoms with E-state index in [9.17, 15) is 22.0 Å². The number of nitrogens with zero attached hydrogens (tertiary/aromatic N) is 1. The monoisotopic (exact) mass is 325 g/mol. The van der Waals surface area contributed by atoms with Crippen LogP contribution in [0.1, 0.15) is 12.1 Å². The molecule has 90 valence electrons. The maximum Gasteiger partial charge on any atom is 0.573 e. The fraction of sp³-hybridized carbons (Fsp3) is 0.286. The van der Waals surface area contributed by atoms with E-state index in [2.05, 4.69) is 25.7 Å². The zero-order valence-corrected chi connectivity index (χ0v) is 9.50. The maximum atomic E-state index is 12.2. The first kappa shape index (κ1) is 13.4. The SMILES string of the molecule is FC(F)c1cc(Br)c(OC(F)(F)F)c(Cl)n1. The number of halogens is 7. The zero-order valence-electron chi connectivity index (χ0n) is 7.16. The lowest BCUT2D eigenvalue weighted by Crippen LogP contribution is -2.18. The second-order valence-corrected chi connectivity index (χ2v) is 3.71. The highest BCUT2D eigenvalue weighted by molar-refractivity contribution is 9.10. The van der Waals surface area contributed by atoms with Crippen LogP contribution in [-0.2, 0) is 0 Å². The number of aromatic nitrogens is 1. The second kappa shape index (κ2) is 4.70. The number of pyridine rings is 1. The van der Waals surface area contributed by atoms with Crippen molar-refractivity contribution in [2.24, 2.45) is 0 Å². The Hall–Kier alpha value is -0.630. The third-order valence-electron chi connectivity index (χ3n) is 1.35. The second-order valence-electron chi connectivity index (χ2n) is 2.50. The van der Waals surface area contributed by atoms with Crippen molar-refractivity contribution in [1.82, 2.24) is 4.98 Å². The molecule has 1 aromatic heterocycles. The summed E-state index contributed by atoms with van der Waals surface area (Å²) in [6.07, 6.45) is -7.91. The predicted molar refractivity (Wildman–Crippen MR) is 48.6 cm³/mol. The summed E-state index contributed by atoms with van der Waals surface area (Å²) >= 11 is 7.92. The first-order valence-electron chi connectivity index (χ1n) is 3.60. The van der Waals surface area contributed by atoms with Crippen LogP contribution >= 0.6 is 27.5 Å². The number of rotatable bonds is 2. The molecular weight excluding hydrogens is 324 g/mol. The Labute approximate surface area is 99.5 Å². The maximum absolute atomic E-state index is 12.2. The van der Waals surface area contributed by atoms with Gasteiger partial charge in [0, 0.05) is 0 Å². The Kier molecular flexibility index (Phi) is 3.95. The van der Waals surface area contributed by atoms with Gasteiger partial charge in [-0.2, -0.15) is 0 Å². The molecule has 0 aromatic carbocycles. The first-order valence-corrected chi connectivity index (χ1v) is 4.77. The molecule has 0 aliphatic carbocycles. The minimum Gasteiger partial charge on any atom is -0.401 e. The molecule has 1 rings (SSSR count). The van der Waals surface area contributed by atoms with Crippen LogP contribution in [0.3, 0.4) is 0 Å². The molecule has 1 heterocycles. The van der Waals surface area contributed by atoms with Crippen LogP contribution in [0, 0.1) is 0 Å². The molecule has 0 atom stereocenters. The molecule has 0 N–H and O–H groups in total. The van der Waals surface area contributed by atoms with Crippen molar-refractivity contribution in [2.75, 3.05) is 0 Å². The molecule has 0 saturated heterocycles. The Balaban J connectivity index is 3.13. The van der Waals surface area contributed by atoms with Crippen LogP contribution < -0.4 is 4.74 Å². The topological polar surface area (TPSA) is 22.1 Å². The lowest BCUT2D eigenvalue weighted by atomic mass is 10.3. The number of hydrogen-bond acceptors (Lipinski definition) is 2. The lowest BCUT2D eigenvalue weighted by molar-refractivity contribution is -0.275. The van der Waals surface area contributed by atoms with Gasteiger partial charge in [-0.25, -0.2) is 13.8 Å². The van der Waals surface area contributed by atoms with Gasteiger partial charge in [-0.05, 0) is 22.0 Å². The van der Waals surface area contributed by atoms with Gasteiger partial charge in [-0.1, -0.05) is 11.6 Å². The number of hydrogen-bond donors (Lipinski definition) is 0. The van der Waals surface area contributed by atoms with E-state index in [-0.39, 0.29) is 4.47 Å². The molecule has 0 aliphatic rings. The van der Waals surface area contributed by atoms with Gasteiger partial charge in [0.05, 0.1) is 4.47 Å². The van der Waals surface area contributed by atoms with Crippen molar-refractivity contribution in [3.8, 4) is 5.75 Å². The van der Waals surface area contributed by atoms with E-state index in [1.165, 1.54) is 0 Å². The molecule has 0 aliphatic heterocycles. The van der Waals surface area contributed by atoms with Crippen LogP contribution in [0.2, 0.25) is 5.15 Å². The van der Waals surface area contributed by atoms with E-state index in [0.29, 0.717) is 6.07 Å². The van der Waals surface area contributed by atoms with Gasteiger partial charge in [0.25, 0.3) is 6.43 Å². The largest absolute Gasteiger partial charge is 0.573 e. The van der Waals surface area contributed by atoms with Gasteiger partial charge >= 0.3 is 6.36 Å². The van der Waals surface area contributed by atoms with Crippen LogP contribution in [0.25, 0.3) is 0 Å². The van der Waals surface area contributed by atoms with E-state index >= 15 is 0 Å². The summed E-state index contributed by atoms with van der Waals surface area (Å²) in [6.45, 7) is 0. The zero-order chi connectivity index (χ0) is 12.5. The quantitative estimate of drug-likeness (QED) is 0.596. The number of alkyl halides is 5.